The Balaban J connectivity index is 1.41. The third-order valence-corrected chi connectivity index (χ3v) is 7.53. The molecule has 0 unspecified atom stereocenters. The number of carbonyl (C=O) groups is 2. The molecule has 0 saturated carbocycles. The molecule has 3 aromatic rings. The molecule has 0 spiro atoms. The van der Waals surface area contributed by atoms with Gasteiger partial charge in [0.1, 0.15) is 5.69 Å². The predicted molar refractivity (Wildman–Crippen MR) is 125 cm³/mol. The van der Waals surface area contributed by atoms with Crippen molar-refractivity contribution in [1.82, 2.24) is 9.29 Å². The Morgan fingerprint density at radius 3 is 2.58 bits per heavy atom. The van der Waals surface area contributed by atoms with E-state index in [-0.39, 0.29) is 21.3 Å². The van der Waals surface area contributed by atoms with E-state index in [0.29, 0.717) is 18.6 Å². The van der Waals surface area contributed by atoms with E-state index in [1.807, 2.05) is 12.1 Å². The van der Waals surface area contributed by atoms with Crippen LogP contribution in [0.2, 0.25) is 5.02 Å². The lowest BCUT2D eigenvalue weighted by Crippen LogP contribution is -2.35. The molecule has 1 amide bonds. The van der Waals surface area contributed by atoms with Gasteiger partial charge in [-0.05, 0) is 43.2 Å². The van der Waals surface area contributed by atoms with Gasteiger partial charge in [-0.1, -0.05) is 42.3 Å². The number of aromatic nitrogens is 1. The molecular weight excluding hydrogens is 466 g/mol. The number of halogens is 1. The molecule has 0 bridgehead atoms. The minimum atomic E-state index is -3.69. The minimum Gasteiger partial charge on any atom is -0.451 e. The molecule has 1 aliphatic heterocycles. The molecule has 1 aromatic heterocycles. The highest BCUT2D eigenvalue weighted by Gasteiger charge is 2.26. The maximum absolute atomic E-state index is 12.9. The van der Waals surface area contributed by atoms with E-state index in [9.17, 15) is 18.0 Å². The highest BCUT2D eigenvalue weighted by Crippen LogP contribution is 2.28. The van der Waals surface area contributed by atoms with Crippen molar-refractivity contribution >= 4 is 50.1 Å². The van der Waals surface area contributed by atoms with Crippen LogP contribution in [0.1, 0.15) is 29.8 Å². The van der Waals surface area contributed by atoms with E-state index in [1.54, 1.807) is 18.2 Å². The third-order valence-electron chi connectivity index (χ3n) is 5.31. The highest BCUT2D eigenvalue weighted by atomic mass is 35.5. The summed E-state index contributed by atoms with van der Waals surface area (Å²) < 4.78 is 32.3. The first-order valence-corrected chi connectivity index (χ1v) is 12.3. The van der Waals surface area contributed by atoms with Crippen molar-refractivity contribution in [2.24, 2.45) is 0 Å². The number of nitrogens with zero attached hydrogens (tertiary/aromatic N) is 2. The van der Waals surface area contributed by atoms with Crippen LogP contribution in [0.3, 0.4) is 0 Å². The number of para-hydroxylation sites is 1. The number of piperidine rings is 1. The van der Waals surface area contributed by atoms with Crippen LogP contribution in [-0.2, 0) is 19.6 Å². The van der Waals surface area contributed by atoms with Gasteiger partial charge in [-0.25, -0.2) is 18.2 Å². The number of hydrogen-bond donors (Lipinski definition) is 1. The van der Waals surface area contributed by atoms with E-state index in [2.05, 4.69) is 10.3 Å². The summed E-state index contributed by atoms with van der Waals surface area (Å²) in [5.41, 5.74) is 0.837. The van der Waals surface area contributed by atoms with Gasteiger partial charge in [-0.15, -0.1) is 0 Å². The van der Waals surface area contributed by atoms with Crippen LogP contribution in [0.15, 0.2) is 59.5 Å². The van der Waals surface area contributed by atoms with Crippen molar-refractivity contribution in [2.45, 2.75) is 24.2 Å². The fourth-order valence-corrected chi connectivity index (χ4v) is 5.29. The SMILES string of the molecule is O=C(COC(=O)c1ccc2ccccc2n1)Nc1cc(S(=O)(=O)N2CCCCC2)ccc1Cl. The average molecular weight is 488 g/mol. The number of benzene rings is 2. The molecule has 4 rings (SSSR count). The molecule has 1 aliphatic rings. The zero-order valence-electron chi connectivity index (χ0n) is 17.7. The smallest absolute Gasteiger partial charge is 0.357 e. The first-order chi connectivity index (χ1) is 15.8. The molecule has 0 radical (unpaired) electrons. The summed E-state index contributed by atoms with van der Waals surface area (Å²) in [6.45, 7) is 0.351. The minimum absolute atomic E-state index is 0.0430. The molecule has 0 aliphatic carbocycles. The van der Waals surface area contributed by atoms with Crippen LogP contribution in [-0.4, -0.2) is 49.3 Å². The summed E-state index contributed by atoms with van der Waals surface area (Å²) >= 11 is 6.15. The van der Waals surface area contributed by atoms with Crippen LogP contribution >= 0.6 is 11.6 Å². The number of pyridine rings is 1. The Hall–Kier alpha value is -3.01. The molecule has 1 fully saturated rings. The number of hydrogen-bond acceptors (Lipinski definition) is 6. The number of fused-ring (bicyclic) bond motifs is 1. The quantitative estimate of drug-likeness (QED) is 0.529. The van der Waals surface area contributed by atoms with Gasteiger partial charge in [-0.3, -0.25) is 4.79 Å². The number of carbonyl (C=O) groups excluding carboxylic acids is 2. The normalized spacial score (nSPS) is 14.7. The molecular formula is C23H22ClN3O5S. The Labute approximate surface area is 196 Å². The maximum atomic E-state index is 12.9. The lowest BCUT2D eigenvalue weighted by atomic mass is 10.2. The molecule has 33 heavy (non-hydrogen) atoms. The Bertz CT molecular complexity index is 1310. The van der Waals surface area contributed by atoms with Crippen LogP contribution in [0.4, 0.5) is 5.69 Å². The Kier molecular flexibility index (Phi) is 6.92. The molecule has 2 aromatic carbocycles. The molecule has 0 atom stereocenters. The van der Waals surface area contributed by atoms with Crippen molar-refractivity contribution in [3.63, 3.8) is 0 Å². The summed E-state index contributed by atoms with van der Waals surface area (Å²) in [5.74, 6) is -1.40. The second-order valence-electron chi connectivity index (χ2n) is 7.62. The largest absolute Gasteiger partial charge is 0.451 e. The summed E-state index contributed by atoms with van der Waals surface area (Å²) in [7, 11) is -3.69. The van der Waals surface area contributed by atoms with Gasteiger partial charge in [0.2, 0.25) is 10.0 Å². The fraction of sp³-hybridized carbons (Fsp3) is 0.261. The van der Waals surface area contributed by atoms with E-state index < -0.39 is 28.5 Å². The van der Waals surface area contributed by atoms with Gasteiger partial charge < -0.3 is 10.1 Å². The first kappa shape index (κ1) is 23.2. The van der Waals surface area contributed by atoms with Crippen LogP contribution in [0.5, 0.6) is 0 Å². The zero-order valence-corrected chi connectivity index (χ0v) is 19.2. The predicted octanol–water partition coefficient (Wildman–Crippen LogP) is 3.86. The Morgan fingerprint density at radius 2 is 1.79 bits per heavy atom. The second kappa shape index (κ2) is 9.86. The number of esters is 1. The summed E-state index contributed by atoms with van der Waals surface area (Å²) in [6, 6.07) is 14.7. The molecule has 1 N–H and O–H groups in total. The van der Waals surface area contributed by atoms with Crippen molar-refractivity contribution in [3.05, 3.63) is 65.3 Å². The molecule has 172 valence electrons. The van der Waals surface area contributed by atoms with Crippen molar-refractivity contribution in [1.29, 1.82) is 0 Å². The van der Waals surface area contributed by atoms with E-state index in [1.165, 1.54) is 28.6 Å². The van der Waals surface area contributed by atoms with E-state index >= 15 is 0 Å². The van der Waals surface area contributed by atoms with Gasteiger partial charge in [0.15, 0.2) is 6.61 Å². The van der Waals surface area contributed by atoms with Gasteiger partial charge in [0, 0.05) is 18.5 Å². The molecule has 10 heteroatoms. The van der Waals surface area contributed by atoms with E-state index in [0.717, 1.165) is 24.6 Å². The number of rotatable bonds is 6. The van der Waals surface area contributed by atoms with Crippen LogP contribution in [0.25, 0.3) is 10.9 Å². The summed E-state index contributed by atoms with van der Waals surface area (Å²) in [6.07, 6.45) is 2.63. The lowest BCUT2D eigenvalue weighted by Gasteiger charge is -2.26. The monoisotopic (exact) mass is 487 g/mol. The van der Waals surface area contributed by atoms with Crippen molar-refractivity contribution in [2.75, 3.05) is 25.0 Å². The standard InChI is InChI=1S/C23H22ClN3O5S/c24-18-10-9-17(33(30,31)27-12-4-1-5-13-27)14-21(18)26-22(28)15-32-23(29)20-11-8-16-6-2-3-7-19(16)25-20/h2-3,6-11,14H,1,4-5,12-13,15H2,(H,26,28). The topological polar surface area (TPSA) is 106 Å². The Morgan fingerprint density at radius 1 is 1.03 bits per heavy atom. The van der Waals surface area contributed by atoms with Gasteiger partial charge >= 0.3 is 5.97 Å². The number of nitrogens with one attached hydrogen (secondary N) is 1. The lowest BCUT2D eigenvalue weighted by molar-refractivity contribution is -0.119. The number of anilines is 1. The van der Waals surface area contributed by atoms with Crippen LogP contribution in [0, 0.1) is 0 Å². The van der Waals surface area contributed by atoms with Crippen LogP contribution < -0.4 is 5.32 Å². The third kappa shape index (κ3) is 5.32. The van der Waals surface area contributed by atoms with Crippen molar-refractivity contribution in [3.8, 4) is 0 Å². The molecule has 8 nitrogen and oxygen atoms in total. The molecule has 1 saturated heterocycles. The summed E-state index contributed by atoms with van der Waals surface area (Å²) in [5, 5.41) is 3.56. The first-order valence-electron chi connectivity index (χ1n) is 10.5. The number of sulfonamides is 1. The van der Waals surface area contributed by atoms with Gasteiger partial charge in [0.25, 0.3) is 5.91 Å². The van der Waals surface area contributed by atoms with Gasteiger partial charge in [-0.2, -0.15) is 4.31 Å². The summed E-state index contributed by atoms with van der Waals surface area (Å²) in [4.78, 5) is 28.9. The molecule has 2 heterocycles. The zero-order chi connectivity index (χ0) is 23.4. The van der Waals surface area contributed by atoms with Crippen molar-refractivity contribution < 1.29 is 22.7 Å². The maximum Gasteiger partial charge on any atom is 0.357 e. The van der Waals surface area contributed by atoms with Gasteiger partial charge in [0.05, 0.1) is 21.1 Å². The number of amides is 1. The average Bonchev–Trinajstić information content (AvgIpc) is 2.84. The highest BCUT2D eigenvalue weighted by molar-refractivity contribution is 7.89. The second-order valence-corrected chi connectivity index (χ2v) is 9.97. The fourth-order valence-electron chi connectivity index (χ4n) is 3.59. The van der Waals surface area contributed by atoms with E-state index in [4.69, 9.17) is 16.3 Å². The number of ether oxygens (including phenoxy) is 1.